The SMILES string of the molecule is CC(C)(C)OC(=O)N1CCC(c2noc(-c3ccco3)n2)C1. The molecular formula is C15H19N3O4. The van der Waals surface area contributed by atoms with Crippen LogP contribution in [-0.4, -0.2) is 39.8 Å². The van der Waals surface area contributed by atoms with Gasteiger partial charge in [0.2, 0.25) is 0 Å². The van der Waals surface area contributed by atoms with Crippen molar-refractivity contribution < 1.29 is 18.5 Å². The second-order valence-corrected chi connectivity index (χ2v) is 6.35. The summed E-state index contributed by atoms with van der Waals surface area (Å²) in [4.78, 5) is 18.1. The van der Waals surface area contributed by atoms with Crippen molar-refractivity contribution in [1.29, 1.82) is 0 Å². The molecule has 0 aromatic carbocycles. The molecule has 7 nitrogen and oxygen atoms in total. The molecule has 0 saturated carbocycles. The van der Waals surface area contributed by atoms with Crippen LogP contribution in [0.25, 0.3) is 11.7 Å². The zero-order valence-corrected chi connectivity index (χ0v) is 12.9. The lowest BCUT2D eigenvalue weighted by Crippen LogP contribution is -2.35. The van der Waals surface area contributed by atoms with Crippen molar-refractivity contribution in [2.24, 2.45) is 0 Å². The molecular weight excluding hydrogens is 286 g/mol. The summed E-state index contributed by atoms with van der Waals surface area (Å²) in [5, 5.41) is 4.00. The molecule has 1 atom stereocenters. The third kappa shape index (κ3) is 3.13. The predicted molar refractivity (Wildman–Crippen MR) is 77.2 cm³/mol. The zero-order chi connectivity index (χ0) is 15.7. The van der Waals surface area contributed by atoms with Gasteiger partial charge in [0.1, 0.15) is 5.60 Å². The number of hydrogen-bond donors (Lipinski definition) is 0. The number of carbonyl (C=O) groups excluding carboxylic acids is 1. The van der Waals surface area contributed by atoms with Crippen LogP contribution < -0.4 is 0 Å². The van der Waals surface area contributed by atoms with Crippen molar-refractivity contribution in [2.45, 2.75) is 38.7 Å². The molecule has 0 aliphatic carbocycles. The van der Waals surface area contributed by atoms with Gasteiger partial charge in [-0.05, 0) is 39.3 Å². The summed E-state index contributed by atoms with van der Waals surface area (Å²) in [7, 11) is 0. The first-order valence-electron chi connectivity index (χ1n) is 7.28. The minimum Gasteiger partial charge on any atom is -0.459 e. The molecule has 0 N–H and O–H groups in total. The first-order valence-corrected chi connectivity index (χ1v) is 7.28. The van der Waals surface area contributed by atoms with Crippen molar-refractivity contribution in [2.75, 3.05) is 13.1 Å². The van der Waals surface area contributed by atoms with Gasteiger partial charge >= 0.3 is 6.09 Å². The van der Waals surface area contributed by atoms with Gasteiger partial charge < -0.3 is 18.6 Å². The molecule has 1 aliphatic heterocycles. The Hall–Kier alpha value is -2.31. The predicted octanol–water partition coefficient (Wildman–Crippen LogP) is 3.05. The average molecular weight is 305 g/mol. The molecule has 1 fully saturated rings. The van der Waals surface area contributed by atoms with Crippen LogP contribution in [0.2, 0.25) is 0 Å². The zero-order valence-electron chi connectivity index (χ0n) is 12.9. The number of nitrogens with zero attached hydrogens (tertiary/aromatic N) is 3. The minimum atomic E-state index is -0.492. The second kappa shape index (κ2) is 5.47. The number of ether oxygens (including phenoxy) is 1. The van der Waals surface area contributed by atoms with Crippen molar-refractivity contribution in [3.63, 3.8) is 0 Å². The van der Waals surface area contributed by atoms with Gasteiger partial charge in [-0.2, -0.15) is 4.98 Å². The molecule has 118 valence electrons. The fourth-order valence-electron chi connectivity index (χ4n) is 2.36. The van der Waals surface area contributed by atoms with Gasteiger partial charge in [0.15, 0.2) is 11.6 Å². The maximum Gasteiger partial charge on any atom is 0.410 e. The highest BCUT2D eigenvalue weighted by Gasteiger charge is 2.33. The van der Waals surface area contributed by atoms with Crippen LogP contribution in [0, 0.1) is 0 Å². The highest BCUT2D eigenvalue weighted by atomic mass is 16.6. The van der Waals surface area contributed by atoms with E-state index in [1.165, 1.54) is 0 Å². The Bertz CT molecular complexity index is 642. The number of rotatable bonds is 2. The van der Waals surface area contributed by atoms with Gasteiger partial charge in [-0.3, -0.25) is 0 Å². The molecule has 1 unspecified atom stereocenters. The summed E-state index contributed by atoms with van der Waals surface area (Å²) in [6.45, 7) is 6.73. The Labute approximate surface area is 128 Å². The lowest BCUT2D eigenvalue weighted by Gasteiger charge is -2.24. The molecule has 3 heterocycles. The smallest absolute Gasteiger partial charge is 0.410 e. The number of carbonyl (C=O) groups is 1. The van der Waals surface area contributed by atoms with E-state index in [4.69, 9.17) is 13.7 Å². The van der Waals surface area contributed by atoms with E-state index in [0.29, 0.717) is 30.6 Å². The van der Waals surface area contributed by atoms with Crippen LogP contribution >= 0.6 is 0 Å². The lowest BCUT2D eigenvalue weighted by molar-refractivity contribution is 0.0292. The van der Waals surface area contributed by atoms with Gasteiger partial charge in [0, 0.05) is 19.0 Å². The van der Waals surface area contributed by atoms with Crippen molar-refractivity contribution in [3.8, 4) is 11.7 Å². The van der Waals surface area contributed by atoms with Gasteiger partial charge in [0.05, 0.1) is 6.26 Å². The van der Waals surface area contributed by atoms with E-state index in [1.807, 2.05) is 20.8 Å². The highest BCUT2D eigenvalue weighted by Crippen LogP contribution is 2.28. The van der Waals surface area contributed by atoms with Crippen LogP contribution in [0.4, 0.5) is 4.79 Å². The van der Waals surface area contributed by atoms with E-state index in [1.54, 1.807) is 23.3 Å². The van der Waals surface area contributed by atoms with E-state index >= 15 is 0 Å². The molecule has 7 heteroatoms. The lowest BCUT2D eigenvalue weighted by atomic mass is 10.1. The molecule has 0 spiro atoms. The number of furan rings is 1. The molecule has 3 rings (SSSR count). The normalized spacial score (nSPS) is 18.7. The van der Waals surface area contributed by atoms with E-state index in [-0.39, 0.29) is 12.0 Å². The third-order valence-corrected chi connectivity index (χ3v) is 3.38. The Morgan fingerprint density at radius 1 is 1.45 bits per heavy atom. The summed E-state index contributed by atoms with van der Waals surface area (Å²) in [5.74, 6) is 1.55. The Kier molecular flexibility index (Phi) is 3.64. The van der Waals surface area contributed by atoms with E-state index < -0.39 is 5.60 Å². The molecule has 2 aromatic rings. The van der Waals surface area contributed by atoms with E-state index in [2.05, 4.69) is 10.1 Å². The van der Waals surface area contributed by atoms with Gasteiger partial charge in [-0.1, -0.05) is 5.16 Å². The standard InChI is InChI=1S/C15H19N3O4/c1-15(2,3)21-14(19)18-7-6-10(9-18)12-16-13(22-17-12)11-5-4-8-20-11/h4-5,8,10H,6-7,9H2,1-3H3. The monoisotopic (exact) mass is 305 g/mol. The quantitative estimate of drug-likeness (QED) is 0.848. The molecule has 1 saturated heterocycles. The third-order valence-electron chi connectivity index (χ3n) is 3.38. The summed E-state index contributed by atoms with van der Waals surface area (Å²) in [6, 6.07) is 3.53. The van der Waals surface area contributed by atoms with Crippen molar-refractivity contribution in [3.05, 3.63) is 24.2 Å². The minimum absolute atomic E-state index is 0.0555. The molecule has 22 heavy (non-hydrogen) atoms. The van der Waals surface area contributed by atoms with E-state index in [9.17, 15) is 4.79 Å². The molecule has 1 amide bonds. The fourth-order valence-corrected chi connectivity index (χ4v) is 2.36. The van der Waals surface area contributed by atoms with Crippen molar-refractivity contribution >= 4 is 6.09 Å². The maximum absolute atomic E-state index is 12.1. The van der Waals surface area contributed by atoms with Crippen LogP contribution in [0.3, 0.4) is 0 Å². The van der Waals surface area contributed by atoms with Gasteiger partial charge in [0.25, 0.3) is 5.89 Å². The molecule has 0 radical (unpaired) electrons. The van der Waals surface area contributed by atoms with Crippen LogP contribution in [0.1, 0.15) is 38.9 Å². The molecule has 2 aromatic heterocycles. The van der Waals surface area contributed by atoms with Crippen molar-refractivity contribution in [1.82, 2.24) is 15.0 Å². The summed E-state index contributed by atoms with van der Waals surface area (Å²) >= 11 is 0. The Balaban J connectivity index is 1.64. The topological polar surface area (TPSA) is 81.6 Å². The number of aromatic nitrogens is 2. The summed E-state index contributed by atoms with van der Waals surface area (Å²) in [6.07, 6.45) is 2.04. The maximum atomic E-state index is 12.1. The van der Waals surface area contributed by atoms with Gasteiger partial charge in [-0.25, -0.2) is 4.79 Å². The van der Waals surface area contributed by atoms with Crippen LogP contribution in [0.15, 0.2) is 27.3 Å². The number of amides is 1. The summed E-state index contributed by atoms with van der Waals surface area (Å²) < 4.78 is 15.8. The first-order chi connectivity index (χ1) is 10.4. The first kappa shape index (κ1) is 14.6. The largest absolute Gasteiger partial charge is 0.459 e. The van der Waals surface area contributed by atoms with E-state index in [0.717, 1.165) is 6.42 Å². The molecule has 0 bridgehead atoms. The highest BCUT2D eigenvalue weighted by molar-refractivity contribution is 5.68. The summed E-state index contributed by atoms with van der Waals surface area (Å²) in [5.41, 5.74) is -0.492. The Morgan fingerprint density at radius 2 is 2.27 bits per heavy atom. The van der Waals surface area contributed by atoms with Gasteiger partial charge in [-0.15, -0.1) is 0 Å². The fraction of sp³-hybridized carbons (Fsp3) is 0.533. The molecule has 1 aliphatic rings. The average Bonchev–Trinajstić information content (AvgIpc) is 3.18. The Morgan fingerprint density at radius 3 is 2.95 bits per heavy atom. The van der Waals surface area contributed by atoms with Crippen LogP contribution in [-0.2, 0) is 4.74 Å². The number of hydrogen-bond acceptors (Lipinski definition) is 6. The number of likely N-dealkylation sites (tertiary alicyclic amines) is 1. The second-order valence-electron chi connectivity index (χ2n) is 6.35. The van der Waals surface area contributed by atoms with Crippen LogP contribution in [0.5, 0.6) is 0 Å².